The van der Waals surface area contributed by atoms with Crippen LogP contribution in [0.25, 0.3) is 10.8 Å². The van der Waals surface area contributed by atoms with Crippen molar-refractivity contribution in [2.75, 3.05) is 10.6 Å². The van der Waals surface area contributed by atoms with Crippen molar-refractivity contribution in [3.8, 4) is 0 Å². The molecule has 3 N–H and O–H groups in total. The fourth-order valence-electron chi connectivity index (χ4n) is 2.87. The molecular formula is C20H18N4O5S. The second kappa shape index (κ2) is 8.29. The van der Waals surface area contributed by atoms with Crippen molar-refractivity contribution in [1.29, 1.82) is 0 Å². The number of anilines is 2. The maximum absolute atomic E-state index is 12.9. The van der Waals surface area contributed by atoms with Gasteiger partial charge in [0.25, 0.3) is 15.9 Å². The largest absolute Gasteiger partial charge is 0.326 e. The van der Waals surface area contributed by atoms with E-state index in [1.807, 2.05) is 4.72 Å². The number of carbonyl (C=O) groups is 3. The molecule has 9 nitrogen and oxygen atoms in total. The minimum atomic E-state index is -4.21. The van der Waals surface area contributed by atoms with Crippen LogP contribution in [0.4, 0.5) is 11.4 Å². The number of benzene rings is 2. The highest BCUT2D eigenvalue weighted by Gasteiger charge is 2.22. The first-order valence-corrected chi connectivity index (χ1v) is 10.2. The smallest absolute Gasteiger partial charge is 0.265 e. The molecule has 10 heteroatoms. The Morgan fingerprint density at radius 3 is 2.13 bits per heavy atom. The number of hydrogen-bond donors (Lipinski definition) is 3. The van der Waals surface area contributed by atoms with E-state index in [2.05, 4.69) is 15.6 Å². The van der Waals surface area contributed by atoms with Gasteiger partial charge in [0.05, 0.1) is 4.90 Å². The van der Waals surface area contributed by atoms with Gasteiger partial charge in [-0.3, -0.25) is 19.4 Å². The SMILES string of the molecule is CC(=O)Nc1cc(NC(C)=O)cc(C(=O)NS(=O)(=O)c2cccc3cnccc23)c1. The van der Waals surface area contributed by atoms with Gasteiger partial charge in [0.1, 0.15) is 0 Å². The third kappa shape index (κ3) is 4.78. The van der Waals surface area contributed by atoms with E-state index >= 15 is 0 Å². The molecule has 0 atom stereocenters. The van der Waals surface area contributed by atoms with Gasteiger partial charge >= 0.3 is 0 Å². The van der Waals surface area contributed by atoms with E-state index < -0.39 is 27.7 Å². The van der Waals surface area contributed by atoms with E-state index in [0.717, 1.165) is 0 Å². The number of nitrogens with one attached hydrogen (secondary N) is 3. The summed E-state index contributed by atoms with van der Waals surface area (Å²) in [7, 11) is -4.21. The number of fused-ring (bicyclic) bond motifs is 1. The lowest BCUT2D eigenvalue weighted by Crippen LogP contribution is -2.31. The summed E-state index contributed by atoms with van der Waals surface area (Å²) in [6.07, 6.45) is 2.98. The van der Waals surface area contributed by atoms with Crippen LogP contribution >= 0.6 is 0 Å². The van der Waals surface area contributed by atoms with Crippen LogP contribution in [0.3, 0.4) is 0 Å². The molecule has 2 aromatic carbocycles. The summed E-state index contributed by atoms with van der Waals surface area (Å²) in [5.74, 6) is -1.70. The molecule has 1 aromatic heterocycles. The maximum Gasteiger partial charge on any atom is 0.265 e. The highest BCUT2D eigenvalue weighted by Crippen LogP contribution is 2.23. The summed E-state index contributed by atoms with van der Waals surface area (Å²) in [6.45, 7) is 2.56. The molecule has 0 unspecified atom stereocenters. The fourth-order valence-corrected chi connectivity index (χ4v) is 4.08. The van der Waals surface area contributed by atoms with Crippen LogP contribution in [0.15, 0.2) is 59.8 Å². The van der Waals surface area contributed by atoms with Gasteiger partial charge < -0.3 is 10.6 Å². The predicted octanol–water partition coefficient (Wildman–Crippen LogP) is 2.27. The van der Waals surface area contributed by atoms with Gasteiger partial charge in [-0.15, -0.1) is 0 Å². The van der Waals surface area contributed by atoms with E-state index in [-0.39, 0.29) is 21.8 Å². The van der Waals surface area contributed by atoms with Gasteiger partial charge in [-0.2, -0.15) is 0 Å². The number of carbonyl (C=O) groups excluding carboxylic acids is 3. The minimum Gasteiger partial charge on any atom is -0.326 e. The van der Waals surface area contributed by atoms with Gasteiger partial charge in [-0.25, -0.2) is 13.1 Å². The summed E-state index contributed by atoms with van der Waals surface area (Å²) < 4.78 is 27.8. The van der Waals surface area contributed by atoms with Gasteiger partial charge in [-0.1, -0.05) is 12.1 Å². The standard InChI is InChI=1S/C20H18N4O5S/c1-12(25)22-16-8-15(9-17(10-16)23-13(2)26)20(27)24-30(28,29)19-5-3-4-14-11-21-7-6-18(14)19/h3-11H,1-2H3,(H,22,25)(H,23,26)(H,24,27). The Morgan fingerprint density at radius 1 is 0.900 bits per heavy atom. The van der Waals surface area contributed by atoms with Gasteiger partial charge in [0.2, 0.25) is 11.8 Å². The van der Waals surface area contributed by atoms with E-state index in [0.29, 0.717) is 10.8 Å². The van der Waals surface area contributed by atoms with Crippen LogP contribution in [0, 0.1) is 0 Å². The first kappa shape index (κ1) is 20.9. The van der Waals surface area contributed by atoms with Crippen molar-refractivity contribution in [2.24, 2.45) is 0 Å². The van der Waals surface area contributed by atoms with Crippen LogP contribution in [0.5, 0.6) is 0 Å². The van der Waals surface area contributed by atoms with E-state index in [9.17, 15) is 22.8 Å². The zero-order chi connectivity index (χ0) is 21.9. The lowest BCUT2D eigenvalue weighted by atomic mass is 10.1. The molecule has 3 aromatic rings. The van der Waals surface area contributed by atoms with Crippen molar-refractivity contribution < 1.29 is 22.8 Å². The third-order valence-corrected chi connectivity index (χ3v) is 5.38. The van der Waals surface area contributed by atoms with Crippen LogP contribution in [0.2, 0.25) is 0 Å². The second-order valence-corrected chi connectivity index (χ2v) is 8.10. The number of hydrogen-bond acceptors (Lipinski definition) is 6. The highest BCUT2D eigenvalue weighted by molar-refractivity contribution is 7.90. The number of amides is 3. The first-order chi connectivity index (χ1) is 14.2. The summed E-state index contributed by atoms with van der Waals surface area (Å²) in [5, 5.41) is 6.03. The van der Waals surface area contributed by atoms with E-state index in [1.165, 1.54) is 50.5 Å². The number of rotatable bonds is 5. The van der Waals surface area contributed by atoms with Crippen molar-refractivity contribution >= 4 is 49.9 Å². The Kier molecular flexibility index (Phi) is 5.79. The zero-order valence-corrected chi connectivity index (χ0v) is 16.9. The Bertz CT molecular complexity index is 1230. The Morgan fingerprint density at radius 2 is 1.53 bits per heavy atom. The Labute approximate surface area is 172 Å². The highest BCUT2D eigenvalue weighted by atomic mass is 32.2. The van der Waals surface area contributed by atoms with Gasteiger partial charge in [0, 0.05) is 54.0 Å². The maximum atomic E-state index is 12.9. The molecule has 30 heavy (non-hydrogen) atoms. The average Bonchev–Trinajstić information content (AvgIpc) is 2.66. The van der Waals surface area contributed by atoms with E-state index in [1.54, 1.807) is 18.2 Å². The molecule has 0 saturated heterocycles. The number of pyridine rings is 1. The van der Waals surface area contributed by atoms with Crippen molar-refractivity contribution in [2.45, 2.75) is 18.7 Å². The molecule has 0 saturated carbocycles. The lowest BCUT2D eigenvalue weighted by molar-refractivity contribution is -0.115. The Hall–Kier alpha value is -3.79. The summed E-state index contributed by atoms with van der Waals surface area (Å²) in [5.41, 5.74) is 0.399. The van der Waals surface area contributed by atoms with Gasteiger partial charge in [-0.05, 0) is 30.3 Å². The van der Waals surface area contributed by atoms with Crippen LogP contribution < -0.4 is 15.4 Å². The molecular weight excluding hydrogens is 408 g/mol. The molecule has 0 spiro atoms. The fraction of sp³-hybridized carbons (Fsp3) is 0.100. The minimum absolute atomic E-state index is 0.0597. The average molecular weight is 426 g/mol. The molecule has 3 rings (SSSR count). The first-order valence-electron chi connectivity index (χ1n) is 8.76. The van der Waals surface area contributed by atoms with Crippen LogP contribution in [0.1, 0.15) is 24.2 Å². The molecule has 3 amide bonds. The van der Waals surface area contributed by atoms with Gasteiger partial charge in [0.15, 0.2) is 0 Å². The molecule has 154 valence electrons. The molecule has 0 aliphatic heterocycles. The molecule has 1 heterocycles. The lowest BCUT2D eigenvalue weighted by Gasteiger charge is -2.12. The van der Waals surface area contributed by atoms with Crippen molar-refractivity contribution in [3.63, 3.8) is 0 Å². The molecule has 0 aliphatic carbocycles. The predicted molar refractivity (Wildman–Crippen MR) is 111 cm³/mol. The van der Waals surface area contributed by atoms with Crippen molar-refractivity contribution in [3.05, 3.63) is 60.4 Å². The van der Waals surface area contributed by atoms with E-state index in [4.69, 9.17) is 0 Å². The topological polar surface area (TPSA) is 134 Å². The number of aromatic nitrogens is 1. The van der Waals surface area contributed by atoms with Crippen LogP contribution in [-0.4, -0.2) is 31.1 Å². The monoisotopic (exact) mass is 426 g/mol. The van der Waals surface area contributed by atoms with Crippen molar-refractivity contribution in [1.82, 2.24) is 9.71 Å². The molecule has 0 radical (unpaired) electrons. The number of sulfonamides is 1. The normalized spacial score (nSPS) is 11.0. The van der Waals surface area contributed by atoms with Crippen LogP contribution in [-0.2, 0) is 19.6 Å². The number of nitrogens with zero attached hydrogens (tertiary/aromatic N) is 1. The summed E-state index contributed by atoms with van der Waals surface area (Å²) in [4.78, 5) is 39.3. The molecule has 0 aliphatic rings. The molecule has 0 bridgehead atoms. The third-order valence-electron chi connectivity index (χ3n) is 3.99. The molecule has 0 fully saturated rings. The quantitative estimate of drug-likeness (QED) is 0.573. The summed E-state index contributed by atoms with van der Waals surface area (Å²) in [6, 6.07) is 10.3. The summed E-state index contributed by atoms with van der Waals surface area (Å²) >= 11 is 0. The Balaban J connectivity index is 1.97. The second-order valence-electron chi connectivity index (χ2n) is 6.45. The zero-order valence-electron chi connectivity index (χ0n) is 16.1.